The lowest BCUT2D eigenvalue weighted by Gasteiger charge is -2.31. The Morgan fingerprint density at radius 2 is 1.92 bits per heavy atom. The summed E-state index contributed by atoms with van der Waals surface area (Å²) in [5.74, 6) is 0.935. The van der Waals surface area contributed by atoms with E-state index in [4.69, 9.17) is 16.6 Å². The molecular weight excluding hydrogens is 322 g/mol. The molecular formula is C19H20ClN3O. The zero-order chi connectivity index (χ0) is 16.5. The second-order valence-electron chi connectivity index (χ2n) is 6.36. The number of nitrogens with zero attached hydrogens (tertiary/aromatic N) is 3. The van der Waals surface area contributed by atoms with E-state index in [0.717, 1.165) is 47.9 Å². The Hall–Kier alpha value is -2.04. The van der Waals surface area contributed by atoms with Gasteiger partial charge in [0.25, 0.3) is 0 Å². The van der Waals surface area contributed by atoms with E-state index >= 15 is 0 Å². The number of hydrogen-bond donors (Lipinski definition) is 1. The van der Waals surface area contributed by atoms with Gasteiger partial charge in [-0.15, -0.1) is 0 Å². The van der Waals surface area contributed by atoms with E-state index in [-0.39, 0.29) is 6.10 Å². The minimum absolute atomic E-state index is 0.275. The van der Waals surface area contributed by atoms with Gasteiger partial charge in [0.1, 0.15) is 0 Å². The molecule has 2 heterocycles. The van der Waals surface area contributed by atoms with Crippen LogP contribution in [0.15, 0.2) is 48.5 Å². The van der Waals surface area contributed by atoms with E-state index in [2.05, 4.69) is 15.5 Å². The molecule has 0 amide bonds. The number of benzene rings is 2. The minimum atomic E-state index is -0.275. The first-order valence-corrected chi connectivity index (χ1v) is 8.71. The van der Waals surface area contributed by atoms with E-state index < -0.39 is 0 Å². The predicted molar refractivity (Wildman–Crippen MR) is 97.7 cm³/mol. The Morgan fingerprint density at radius 3 is 2.71 bits per heavy atom. The van der Waals surface area contributed by atoms with Gasteiger partial charge in [0.2, 0.25) is 5.95 Å². The van der Waals surface area contributed by atoms with Crippen molar-refractivity contribution in [1.29, 1.82) is 0 Å². The van der Waals surface area contributed by atoms with Gasteiger partial charge in [0.15, 0.2) is 0 Å². The zero-order valence-corrected chi connectivity index (χ0v) is 14.2. The molecule has 0 aliphatic carbocycles. The summed E-state index contributed by atoms with van der Waals surface area (Å²) in [6.45, 7) is 2.31. The monoisotopic (exact) mass is 341 g/mol. The van der Waals surface area contributed by atoms with Crippen molar-refractivity contribution >= 4 is 28.6 Å². The van der Waals surface area contributed by atoms with Crippen LogP contribution in [0.25, 0.3) is 11.0 Å². The number of aliphatic hydroxyl groups is 1. The van der Waals surface area contributed by atoms with Crippen molar-refractivity contribution in [2.45, 2.75) is 25.5 Å². The molecule has 124 valence electrons. The first-order chi connectivity index (χ1) is 11.7. The number of hydrogen-bond acceptors (Lipinski definition) is 3. The number of imidazole rings is 1. The highest BCUT2D eigenvalue weighted by molar-refractivity contribution is 6.30. The van der Waals surface area contributed by atoms with Crippen LogP contribution in [-0.4, -0.2) is 33.9 Å². The van der Waals surface area contributed by atoms with Crippen molar-refractivity contribution in [3.63, 3.8) is 0 Å². The molecule has 1 aliphatic heterocycles. The molecule has 24 heavy (non-hydrogen) atoms. The fourth-order valence-electron chi connectivity index (χ4n) is 3.37. The third-order valence-corrected chi connectivity index (χ3v) is 4.82. The molecule has 2 aromatic carbocycles. The number of piperidine rings is 1. The summed E-state index contributed by atoms with van der Waals surface area (Å²) in [7, 11) is 0. The van der Waals surface area contributed by atoms with Crippen molar-refractivity contribution in [2.75, 3.05) is 18.0 Å². The first kappa shape index (κ1) is 15.5. The Balaban J connectivity index is 1.76. The smallest absolute Gasteiger partial charge is 0.206 e. The summed E-state index contributed by atoms with van der Waals surface area (Å²) in [5, 5.41) is 10.8. The molecule has 1 saturated heterocycles. The second-order valence-corrected chi connectivity index (χ2v) is 6.79. The molecule has 0 bridgehead atoms. The Morgan fingerprint density at radius 1 is 1.12 bits per heavy atom. The summed E-state index contributed by atoms with van der Waals surface area (Å²) in [6.07, 6.45) is 1.58. The van der Waals surface area contributed by atoms with Crippen LogP contribution >= 0.6 is 11.6 Å². The van der Waals surface area contributed by atoms with Gasteiger partial charge >= 0.3 is 0 Å². The standard InChI is InChI=1S/C19H20ClN3O/c20-15-9-7-14(8-10-15)12-23-18-6-2-1-5-17(18)21-19(23)22-11-3-4-16(24)13-22/h1-2,5-10,16,24H,3-4,11-13H2/t16-/m1/s1. The molecule has 0 radical (unpaired) electrons. The molecule has 0 saturated carbocycles. The largest absolute Gasteiger partial charge is 0.391 e. The van der Waals surface area contributed by atoms with Crippen molar-refractivity contribution in [3.05, 3.63) is 59.1 Å². The average Bonchev–Trinajstić information content (AvgIpc) is 2.96. The quantitative estimate of drug-likeness (QED) is 0.789. The second kappa shape index (κ2) is 6.46. The number of β-amino-alcohol motifs (C(OH)–C–C–N with tert-alkyl or cyclic N) is 1. The number of anilines is 1. The van der Waals surface area contributed by atoms with Crippen molar-refractivity contribution in [2.24, 2.45) is 0 Å². The number of aromatic nitrogens is 2. The van der Waals surface area contributed by atoms with E-state index in [9.17, 15) is 5.11 Å². The SMILES string of the molecule is O[C@@H]1CCCN(c2nc3ccccc3n2Cc2ccc(Cl)cc2)C1. The van der Waals surface area contributed by atoms with Crippen molar-refractivity contribution in [1.82, 2.24) is 9.55 Å². The molecule has 1 N–H and O–H groups in total. The summed E-state index contributed by atoms with van der Waals surface area (Å²) in [6, 6.07) is 16.1. The normalized spacial score (nSPS) is 18.2. The number of para-hydroxylation sites is 2. The van der Waals surface area contributed by atoms with Gasteiger partial charge in [-0.25, -0.2) is 4.98 Å². The highest BCUT2D eigenvalue weighted by Crippen LogP contribution is 2.26. The molecule has 0 spiro atoms. The first-order valence-electron chi connectivity index (χ1n) is 8.33. The zero-order valence-electron chi connectivity index (χ0n) is 13.4. The molecule has 1 aliphatic rings. The van der Waals surface area contributed by atoms with Crippen LogP contribution in [0, 0.1) is 0 Å². The van der Waals surface area contributed by atoms with Crippen LogP contribution in [0.1, 0.15) is 18.4 Å². The molecule has 3 aromatic rings. The van der Waals surface area contributed by atoms with Crippen LogP contribution in [-0.2, 0) is 6.54 Å². The maximum atomic E-state index is 10.0. The van der Waals surface area contributed by atoms with Gasteiger partial charge in [0.05, 0.1) is 23.7 Å². The van der Waals surface area contributed by atoms with E-state index in [1.165, 1.54) is 5.56 Å². The fraction of sp³-hybridized carbons (Fsp3) is 0.316. The maximum Gasteiger partial charge on any atom is 0.206 e. The fourth-order valence-corrected chi connectivity index (χ4v) is 3.49. The molecule has 1 aromatic heterocycles. The molecule has 1 fully saturated rings. The van der Waals surface area contributed by atoms with Crippen LogP contribution in [0.2, 0.25) is 5.02 Å². The molecule has 0 unspecified atom stereocenters. The molecule has 5 heteroatoms. The van der Waals surface area contributed by atoms with E-state index in [1.807, 2.05) is 42.5 Å². The van der Waals surface area contributed by atoms with Gasteiger partial charge in [-0.05, 0) is 42.7 Å². The maximum absolute atomic E-state index is 10.0. The summed E-state index contributed by atoms with van der Waals surface area (Å²) < 4.78 is 2.23. The van der Waals surface area contributed by atoms with Crippen LogP contribution in [0.5, 0.6) is 0 Å². The predicted octanol–water partition coefficient (Wildman–Crippen LogP) is 3.70. The Bertz CT molecular complexity index is 843. The third kappa shape index (κ3) is 2.99. The molecule has 4 rings (SSSR count). The lowest BCUT2D eigenvalue weighted by Crippen LogP contribution is -2.39. The minimum Gasteiger partial charge on any atom is -0.391 e. The topological polar surface area (TPSA) is 41.3 Å². The highest BCUT2D eigenvalue weighted by atomic mass is 35.5. The number of aliphatic hydroxyl groups excluding tert-OH is 1. The summed E-state index contributed by atoms with van der Waals surface area (Å²) in [5.41, 5.74) is 3.28. The van der Waals surface area contributed by atoms with Crippen molar-refractivity contribution in [3.8, 4) is 0 Å². The number of fused-ring (bicyclic) bond motifs is 1. The van der Waals surface area contributed by atoms with Gasteiger partial charge in [-0.1, -0.05) is 35.9 Å². The Labute approximate surface area is 146 Å². The van der Waals surface area contributed by atoms with Gasteiger partial charge in [-0.3, -0.25) is 0 Å². The van der Waals surface area contributed by atoms with Crippen LogP contribution in [0.3, 0.4) is 0 Å². The van der Waals surface area contributed by atoms with Gasteiger partial charge in [0, 0.05) is 18.1 Å². The summed E-state index contributed by atoms with van der Waals surface area (Å²) in [4.78, 5) is 7.03. The lowest BCUT2D eigenvalue weighted by molar-refractivity contribution is 0.153. The van der Waals surface area contributed by atoms with Crippen molar-refractivity contribution < 1.29 is 5.11 Å². The number of halogens is 1. The average molecular weight is 342 g/mol. The molecule has 4 nitrogen and oxygen atoms in total. The number of rotatable bonds is 3. The van der Waals surface area contributed by atoms with Gasteiger partial charge in [-0.2, -0.15) is 0 Å². The molecule has 1 atom stereocenters. The van der Waals surface area contributed by atoms with E-state index in [0.29, 0.717) is 6.54 Å². The van der Waals surface area contributed by atoms with Crippen LogP contribution in [0.4, 0.5) is 5.95 Å². The lowest BCUT2D eigenvalue weighted by atomic mass is 10.1. The van der Waals surface area contributed by atoms with Gasteiger partial charge < -0.3 is 14.6 Å². The van der Waals surface area contributed by atoms with Crippen LogP contribution < -0.4 is 4.90 Å². The Kier molecular flexibility index (Phi) is 4.17. The third-order valence-electron chi connectivity index (χ3n) is 4.57. The highest BCUT2D eigenvalue weighted by Gasteiger charge is 2.23. The van der Waals surface area contributed by atoms with E-state index in [1.54, 1.807) is 0 Å². The summed E-state index contributed by atoms with van der Waals surface area (Å²) >= 11 is 6.00.